The minimum atomic E-state index is 0.160. The van der Waals surface area contributed by atoms with Crippen molar-refractivity contribution in [2.24, 2.45) is 5.73 Å². The number of aliphatic hydroxyl groups excluding tert-OH is 1. The molecule has 4 N–H and O–H groups in total. The molecule has 1 aliphatic carbocycles. The molecule has 0 spiro atoms. The van der Waals surface area contributed by atoms with Crippen molar-refractivity contribution < 1.29 is 5.11 Å². The highest BCUT2D eigenvalue weighted by atomic mass is 16.3. The molecule has 0 saturated heterocycles. The SMILES string of the molecule is CC(N)Cc1c[nH]c2c1C=C(O)CC2. The summed E-state index contributed by atoms with van der Waals surface area (Å²) in [6.45, 7) is 1.99. The van der Waals surface area contributed by atoms with Crippen LogP contribution in [0, 0.1) is 0 Å². The molecule has 1 heterocycles. The van der Waals surface area contributed by atoms with Crippen molar-refractivity contribution in [1.82, 2.24) is 4.98 Å². The third-order valence-electron chi connectivity index (χ3n) is 2.58. The van der Waals surface area contributed by atoms with Gasteiger partial charge in [-0.05, 0) is 31.4 Å². The minimum Gasteiger partial charge on any atom is -0.512 e. The average Bonchev–Trinajstić information content (AvgIpc) is 2.47. The zero-order chi connectivity index (χ0) is 10.1. The van der Waals surface area contributed by atoms with Crippen molar-refractivity contribution in [2.75, 3.05) is 0 Å². The van der Waals surface area contributed by atoms with E-state index < -0.39 is 0 Å². The fourth-order valence-corrected chi connectivity index (χ4v) is 1.92. The number of aromatic amines is 1. The molecule has 1 aliphatic rings. The Labute approximate surface area is 83.6 Å². The van der Waals surface area contributed by atoms with Crippen LogP contribution in [0.15, 0.2) is 12.0 Å². The van der Waals surface area contributed by atoms with E-state index >= 15 is 0 Å². The van der Waals surface area contributed by atoms with Gasteiger partial charge in [-0.2, -0.15) is 0 Å². The minimum absolute atomic E-state index is 0.160. The molecule has 1 aromatic heterocycles. The molecular weight excluding hydrogens is 176 g/mol. The van der Waals surface area contributed by atoms with Gasteiger partial charge in [0, 0.05) is 29.9 Å². The summed E-state index contributed by atoms with van der Waals surface area (Å²) in [4.78, 5) is 3.24. The van der Waals surface area contributed by atoms with Crippen LogP contribution in [0.5, 0.6) is 0 Å². The van der Waals surface area contributed by atoms with E-state index in [1.807, 2.05) is 19.2 Å². The molecule has 0 aliphatic heterocycles. The van der Waals surface area contributed by atoms with Gasteiger partial charge in [-0.15, -0.1) is 0 Å². The van der Waals surface area contributed by atoms with Gasteiger partial charge in [-0.25, -0.2) is 0 Å². The summed E-state index contributed by atoms with van der Waals surface area (Å²) >= 11 is 0. The van der Waals surface area contributed by atoms with Crippen LogP contribution in [0.2, 0.25) is 0 Å². The number of rotatable bonds is 2. The first-order valence-electron chi connectivity index (χ1n) is 5.01. The van der Waals surface area contributed by atoms with Gasteiger partial charge < -0.3 is 15.8 Å². The highest BCUT2D eigenvalue weighted by Crippen LogP contribution is 2.25. The van der Waals surface area contributed by atoms with Crippen molar-refractivity contribution in [3.8, 4) is 0 Å². The van der Waals surface area contributed by atoms with Crippen LogP contribution in [0.1, 0.15) is 30.2 Å². The predicted octanol–water partition coefficient (Wildman–Crippen LogP) is 1.75. The van der Waals surface area contributed by atoms with E-state index in [0.717, 1.165) is 24.8 Å². The largest absolute Gasteiger partial charge is 0.512 e. The zero-order valence-corrected chi connectivity index (χ0v) is 8.38. The van der Waals surface area contributed by atoms with Crippen LogP contribution in [0.4, 0.5) is 0 Å². The molecule has 1 unspecified atom stereocenters. The van der Waals surface area contributed by atoms with Gasteiger partial charge >= 0.3 is 0 Å². The zero-order valence-electron chi connectivity index (χ0n) is 8.38. The molecular formula is C11H16N2O. The lowest BCUT2D eigenvalue weighted by atomic mass is 9.98. The predicted molar refractivity (Wildman–Crippen MR) is 57.1 cm³/mol. The molecule has 0 bridgehead atoms. The first-order chi connectivity index (χ1) is 6.66. The summed E-state index contributed by atoms with van der Waals surface area (Å²) in [7, 11) is 0. The third kappa shape index (κ3) is 1.68. The van der Waals surface area contributed by atoms with Gasteiger partial charge in [0.05, 0.1) is 5.76 Å². The van der Waals surface area contributed by atoms with E-state index in [9.17, 15) is 5.11 Å². The quantitative estimate of drug-likeness (QED) is 0.668. The molecule has 1 atom stereocenters. The molecule has 76 valence electrons. The van der Waals surface area contributed by atoms with Crippen LogP contribution in [0.25, 0.3) is 6.08 Å². The summed E-state index contributed by atoms with van der Waals surface area (Å²) in [5.74, 6) is 0.475. The maximum atomic E-state index is 9.45. The molecule has 1 aromatic rings. The Bertz CT molecular complexity index is 363. The summed E-state index contributed by atoms with van der Waals surface area (Å²) in [6.07, 6.45) is 6.35. The standard InChI is InChI=1S/C11H16N2O/c1-7(12)4-8-6-13-11-3-2-9(14)5-10(8)11/h5-7,13-14H,2-4,12H2,1H3. The molecule has 2 rings (SSSR count). The number of hydrogen-bond acceptors (Lipinski definition) is 2. The fraction of sp³-hybridized carbons (Fsp3) is 0.455. The molecule has 0 fully saturated rings. The molecule has 0 saturated carbocycles. The third-order valence-corrected chi connectivity index (χ3v) is 2.58. The van der Waals surface area contributed by atoms with E-state index in [1.165, 1.54) is 11.3 Å². The number of nitrogens with one attached hydrogen (secondary N) is 1. The van der Waals surface area contributed by atoms with E-state index in [4.69, 9.17) is 5.73 Å². The second kappa shape index (κ2) is 3.50. The molecule has 3 nitrogen and oxygen atoms in total. The smallest absolute Gasteiger partial charge is 0.0933 e. The van der Waals surface area contributed by atoms with Crippen molar-refractivity contribution in [1.29, 1.82) is 0 Å². The Kier molecular flexibility index (Phi) is 2.33. The Morgan fingerprint density at radius 3 is 3.07 bits per heavy atom. The maximum Gasteiger partial charge on any atom is 0.0933 e. The van der Waals surface area contributed by atoms with Crippen LogP contribution in [-0.4, -0.2) is 16.1 Å². The highest BCUT2D eigenvalue weighted by Gasteiger charge is 2.15. The first-order valence-corrected chi connectivity index (χ1v) is 5.01. The molecule has 0 amide bonds. The van der Waals surface area contributed by atoms with Gasteiger partial charge in [0.1, 0.15) is 0 Å². The van der Waals surface area contributed by atoms with E-state index in [2.05, 4.69) is 4.98 Å². The first kappa shape index (κ1) is 9.34. The molecule has 0 radical (unpaired) electrons. The number of allylic oxidation sites excluding steroid dienone is 1. The second-order valence-corrected chi connectivity index (χ2v) is 4.02. The normalized spacial score (nSPS) is 17.4. The van der Waals surface area contributed by atoms with Crippen LogP contribution in [0.3, 0.4) is 0 Å². The summed E-state index contributed by atoms with van der Waals surface area (Å²) < 4.78 is 0. The van der Waals surface area contributed by atoms with Crippen molar-refractivity contribution in [2.45, 2.75) is 32.2 Å². The monoisotopic (exact) mass is 192 g/mol. The van der Waals surface area contributed by atoms with E-state index in [1.54, 1.807) is 0 Å². The fourth-order valence-electron chi connectivity index (χ4n) is 1.92. The Balaban J connectivity index is 2.32. The summed E-state index contributed by atoms with van der Waals surface area (Å²) in [6, 6.07) is 0.160. The number of H-pyrrole nitrogens is 1. The van der Waals surface area contributed by atoms with Crippen LogP contribution in [-0.2, 0) is 12.8 Å². The van der Waals surface area contributed by atoms with Crippen molar-refractivity contribution >= 4 is 6.08 Å². The lowest BCUT2D eigenvalue weighted by molar-refractivity contribution is 0.391. The molecule has 0 aromatic carbocycles. The highest BCUT2D eigenvalue weighted by molar-refractivity contribution is 5.60. The number of aryl methyl sites for hydroxylation is 1. The summed E-state index contributed by atoms with van der Waals surface area (Å²) in [5, 5.41) is 9.45. The number of hydrogen-bond donors (Lipinski definition) is 3. The van der Waals surface area contributed by atoms with E-state index in [-0.39, 0.29) is 6.04 Å². The van der Waals surface area contributed by atoms with Gasteiger partial charge in [0.25, 0.3) is 0 Å². The van der Waals surface area contributed by atoms with Gasteiger partial charge in [0.15, 0.2) is 0 Å². The number of fused-ring (bicyclic) bond motifs is 1. The number of aliphatic hydroxyl groups is 1. The lowest BCUT2D eigenvalue weighted by Crippen LogP contribution is -2.18. The van der Waals surface area contributed by atoms with E-state index in [0.29, 0.717) is 5.76 Å². The lowest BCUT2D eigenvalue weighted by Gasteiger charge is -2.11. The molecule has 3 heteroatoms. The number of nitrogens with two attached hydrogens (primary N) is 1. The van der Waals surface area contributed by atoms with Crippen molar-refractivity contribution in [3.05, 3.63) is 28.8 Å². The van der Waals surface area contributed by atoms with Gasteiger partial charge in [-0.3, -0.25) is 0 Å². The van der Waals surface area contributed by atoms with Crippen LogP contribution >= 0.6 is 0 Å². The topological polar surface area (TPSA) is 62.0 Å². The van der Waals surface area contributed by atoms with Gasteiger partial charge in [-0.1, -0.05) is 0 Å². The summed E-state index contributed by atoms with van der Waals surface area (Å²) in [5.41, 5.74) is 9.33. The number of aromatic nitrogens is 1. The van der Waals surface area contributed by atoms with Crippen molar-refractivity contribution in [3.63, 3.8) is 0 Å². The Morgan fingerprint density at radius 2 is 2.36 bits per heavy atom. The maximum absolute atomic E-state index is 9.45. The van der Waals surface area contributed by atoms with Crippen LogP contribution < -0.4 is 5.73 Å². The Hall–Kier alpha value is -1.22. The second-order valence-electron chi connectivity index (χ2n) is 4.02. The van der Waals surface area contributed by atoms with Gasteiger partial charge in [0.2, 0.25) is 0 Å². The Morgan fingerprint density at radius 1 is 1.57 bits per heavy atom. The molecule has 14 heavy (non-hydrogen) atoms. The average molecular weight is 192 g/mol.